The zero-order valence-corrected chi connectivity index (χ0v) is 8.70. The summed E-state index contributed by atoms with van der Waals surface area (Å²) >= 11 is 0. The number of nitrogens with two attached hydrogens (primary N) is 2. The maximum atomic E-state index is 6.04. The minimum atomic E-state index is 0.622. The fourth-order valence-corrected chi connectivity index (χ4v) is 2.05. The molecule has 1 heterocycles. The molecular weight excluding hydrogens is 198 g/mol. The Labute approximate surface area is 92.7 Å². The Hall–Kier alpha value is -2.29. The Morgan fingerprint density at radius 2 is 1.75 bits per heavy atom. The molecule has 0 aliphatic carbocycles. The van der Waals surface area contributed by atoms with Crippen LogP contribution in [0.2, 0.25) is 0 Å². The predicted octanol–water partition coefficient (Wildman–Crippen LogP) is 1.97. The molecule has 0 amide bonds. The summed E-state index contributed by atoms with van der Waals surface area (Å²) in [5, 5.41) is 3.26. The van der Waals surface area contributed by atoms with Gasteiger partial charge >= 0.3 is 0 Å². The number of nitrogen functional groups attached to an aromatic ring is 2. The van der Waals surface area contributed by atoms with Crippen molar-refractivity contribution in [1.29, 1.82) is 0 Å². The molecule has 0 bridgehead atoms. The lowest BCUT2D eigenvalue weighted by Gasteiger charge is -2.04. The van der Waals surface area contributed by atoms with Crippen molar-refractivity contribution in [1.82, 2.24) is 0 Å². The van der Waals surface area contributed by atoms with E-state index in [1.165, 1.54) is 0 Å². The van der Waals surface area contributed by atoms with Crippen LogP contribution in [0, 0.1) is 0 Å². The molecule has 0 saturated carbocycles. The van der Waals surface area contributed by atoms with Crippen molar-refractivity contribution >= 4 is 33.1 Å². The predicted molar refractivity (Wildman–Crippen MR) is 66.8 cm³/mol. The second kappa shape index (κ2) is 3.10. The molecular formula is C13H12N3+. The summed E-state index contributed by atoms with van der Waals surface area (Å²) in [6, 6.07) is 11.9. The van der Waals surface area contributed by atoms with E-state index in [9.17, 15) is 0 Å². The van der Waals surface area contributed by atoms with Crippen molar-refractivity contribution in [3.63, 3.8) is 0 Å². The number of fused-ring (bicyclic) bond motifs is 3. The number of benzene rings is 2. The van der Waals surface area contributed by atoms with Crippen LogP contribution in [0.4, 0.5) is 11.4 Å². The highest BCUT2D eigenvalue weighted by Crippen LogP contribution is 2.30. The van der Waals surface area contributed by atoms with E-state index in [1.807, 2.05) is 36.5 Å². The molecule has 0 aliphatic rings. The molecule has 0 atom stereocenters. The van der Waals surface area contributed by atoms with Gasteiger partial charge in [-0.25, -0.2) is 4.98 Å². The highest BCUT2D eigenvalue weighted by Gasteiger charge is 2.10. The molecule has 0 fully saturated rings. The van der Waals surface area contributed by atoms with Crippen LogP contribution in [0.25, 0.3) is 21.7 Å². The third-order valence-electron chi connectivity index (χ3n) is 2.89. The highest BCUT2D eigenvalue weighted by molar-refractivity contribution is 6.12. The van der Waals surface area contributed by atoms with Crippen molar-refractivity contribution in [2.75, 3.05) is 11.5 Å². The summed E-state index contributed by atoms with van der Waals surface area (Å²) in [5.41, 5.74) is 14.1. The lowest BCUT2D eigenvalue weighted by atomic mass is 10.0. The average molecular weight is 210 g/mol. The average Bonchev–Trinajstić information content (AvgIpc) is 2.33. The van der Waals surface area contributed by atoms with Crippen LogP contribution in [-0.4, -0.2) is 0 Å². The van der Waals surface area contributed by atoms with E-state index in [0.717, 1.165) is 21.7 Å². The largest absolute Gasteiger partial charge is 0.397 e. The normalized spacial score (nSPS) is 11.0. The lowest BCUT2D eigenvalue weighted by Crippen LogP contribution is -2.05. The molecule has 0 radical (unpaired) electrons. The molecule has 3 heteroatoms. The van der Waals surface area contributed by atoms with Gasteiger partial charge in [0.05, 0.1) is 16.8 Å². The summed E-state index contributed by atoms with van der Waals surface area (Å²) < 4.78 is 0. The van der Waals surface area contributed by atoms with E-state index in [1.54, 1.807) is 0 Å². The van der Waals surface area contributed by atoms with Crippen LogP contribution < -0.4 is 16.5 Å². The van der Waals surface area contributed by atoms with Crippen molar-refractivity contribution in [3.8, 4) is 0 Å². The van der Waals surface area contributed by atoms with Gasteiger partial charge in [0.2, 0.25) is 5.52 Å². The number of hydrogen-bond acceptors (Lipinski definition) is 2. The van der Waals surface area contributed by atoms with Gasteiger partial charge < -0.3 is 11.5 Å². The van der Waals surface area contributed by atoms with Gasteiger partial charge in [0.15, 0.2) is 6.20 Å². The molecule has 3 rings (SSSR count). The first-order valence-electron chi connectivity index (χ1n) is 5.14. The third-order valence-corrected chi connectivity index (χ3v) is 2.89. The van der Waals surface area contributed by atoms with Gasteiger partial charge in [0.1, 0.15) is 0 Å². The molecule has 0 saturated heterocycles. The van der Waals surface area contributed by atoms with Crippen molar-refractivity contribution in [2.45, 2.75) is 0 Å². The van der Waals surface area contributed by atoms with Crippen LogP contribution in [0.1, 0.15) is 0 Å². The fourth-order valence-electron chi connectivity index (χ4n) is 2.05. The number of aromatic amines is 1. The summed E-state index contributed by atoms with van der Waals surface area (Å²) in [7, 11) is 0. The second-order valence-corrected chi connectivity index (χ2v) is 3.87. The standard InChI is InChI=1S/C13H11N3/c14-10-5-6-11-12(13(10)15)9-4-2-1-3-8(9)7-16-11/h1-7H,14-15H2/p+1. The summed E-state index contributed by atoms with van der Waals surface area (Å²) in [4.78, 5) is 3.23. The number of aromatic nitrogens is 1. The van der Waals surface area contributed by atoms with Gasteiger partial charge in [-0.05, 0) is 12.1 Å². The smallest absolute Gasteiger partial charge is 0.213 e. The molecule has 78 valence electrons. The molecule has 16 heavy (non-hydrogen) atoms. The minimum Gasteiger partial charge on any atom is -0.397 e. The van der Waals surface area contributed by atoms with Gasteiger partial charge in [0.25, 0.3) is 0 Å². The Balaban J connectivity index is 2.63. The Kier molecular flexibility index (Phi) is 1.74. The zero-order valence-electron chi connectivity index (χ0n) is 8.70. The van der Waals surface area contributed by atoms with Crippen LogP contribution in [0.3, 0.4) is 0 Å². The summed E-state index contributed by atoms with van der Waals surface area (Å²) in [5.74, 6) is 0. The third kappa shape index (κ3) is 1.11. The molecule has 0 spiro atoms. The first-order chi connectivity index (χ1) is 7.77. The topological polar surface area (TPSA) is 66.2 Å². The van der Waals surface area contributed by atoms with E-state index >= 15 is 0 Å². The number of hydrogen-bond donors (Lipinski definition) is 2. The minimum absolute atomic E-state index is 0.622. The Morgan fingerprint density at radius 3 is 2.62 bits per heavy atom. The molecule has 3 aromatic rings. The van der Waals surface area contributed by atoms with Gasteiger partial charge in [-0.1, -0.05) is 18.2 Å². The molecule has 5 N–H and O–H groups in total. The number of H-pyrrole nitrogens is 1. The first kappa shape index (κ1) is 8.97. The van der Waals surface area contributed by atoms with Gasteiger partial charge in [-0.3, -0.25) is 0 Å². The van der Waals surface area contributed by atoms with E-state index in [0.29, 0.717) is 11.4 Å². The number of anilines is 2. The maximum absolute atomic E-state index is 6.04. The SMILES string of the molecule is Nc1ccc2[nH+]cc3ccccc3c2c1N. The van der Waals surface area contributed by atoms with Gasteiger partial charge in [-0.2, -0.15) is 0 Å². The molecule has 0 unspecified atom stereocenters. The number of pyridine rings is 1. The summed E-state index contributed by atoms with van der Waals surface area (Å²) in [6.07, 6.45) is 1.98. The highest BCUT2D eigenvalue weighted by atomic mass is 14.7. The fraction of sp³-hybridized carbons (Fsp3) is 0. The van der Waals surface area contributed by atoms with Crippen molar-refractivity contribution in [2.24, 2.45) is 0 Å². The van der Waals surface area contributed by atoms with Gasteiger partial charge in [-0.15, -0.1) is 0 Å². The molecule has 1 aromatic heterocycles. The van der Waals surface area contributed by atoms with E-state index in [4.69, 9.17) is 11.5 Å². The van der Waals surface area contributed by atoms with Crippen molar-refractivity contribution in [3.05, 3.63) is 42.6 Å². The van der Waals surface area contributed by atoms with E-state index in [-0.39, 0.29) is 0 Å². The summed E-state index contributed by atoms with van der Waals surface area (Å²) in [6.45, 7) is 0. The Morgan fingerprint density at radius 1 is 0.938 bits per heavy atom. The quantitative estimate of drug-likeness (QED) is 0.440. The van der Waals surface area contributed by atoms with Gasteiger partial charge in [0, 0.05) is 16.8 Å². The second-order valence-electron chi connectivity index (χ2n) is 3.87. The van der Waals surface area contributed by atoms with Crippen LogP contribution >= 0.6 is 0 Å². The number of rotatable bonds is 0. The first-order valence-corrected chi connectivity index (χ1v) is 5.14. The van der Waals surface area contributed by atoms with E-state index < -0.39 is 0 Å². The number of nitrogens with one attached hydrogen (secondary N) is 1. The van der Waals surface area contributed by atoms with Crippen LogP contribution in [0.5, 0.6) is 0 Å². The van der Waals surface area contributed by atoms with Crippen molar-refractivity contribution < 1.29 is 4.98 Å². The van der Waals surface area contributed by atoms with Crippen LogP contribution in [0.15, 0.2) is 42.6 Å². The lowest BCUT2D eigenvalue weighted by molar-refractivity contribution is -0.342. The Bertz CT molecular complexity index is 689. The van der Waals surface area contributed by atoms with Crippen LogP contribution in [-0.2, 0) is 0 Å². The van der Waals surface area contributed by atoms with E-state index in [2.05, 4.69) is 11.1 Å². The molecule has 2 aromatic carbocycles. The monoisotopic (exact) mass is 210 g/mol. The molecule has 3 nitrogen and oxygen atoms in total. The zero-order chi connectivity index (χ0) is 11.1. The molecule has 0 aliphatic heterocycles. The maximum Gasteiger partial charge on any atom is 0.213 e.